The molecule has 0 radical (unpaired) electrons. The third kappa shape index (κ3) is 2.72. The summed E-state index contributed by atoms with van der Waals surface area (Å²) >= 11 is 0. The minimum Gasteiger partial charge on any atom is -0.480 e. The minimum atomic E-state index is -0.738. The summed E-state index contributed by atoms with van der Waals surface area (Å²) in [6.45, 7) is 5.95. The fourth-order valence-electron chi connectivity index (χ4n) is 2.84. The summed E-state index contributed by atoms with van der Waals surface area (Å²) in [7, 11) is 0. The van der Waals surface area contributed by atoms with E-state index in [1.807, 2.05) is 31.2 Å². The molecule has 2 rings (SSSR count). The summed E-state index contributed by atoms with van der Waals surface area (Å²) < 4.78 is 0. The van der Waals surface area contributed by atoms with Crippen molar-refractivity contribution in [2.45, 2.75) is 32.7 Å². The molecule has 1 aliphatic rings. The molecule has 1 aliphatic heterocycles. The zero-order valence-corrected chi connectivity index (χ0v) is 11.1. The highest BCUT2D eigenvalue weighted by Crippen LogP contribution is 2.28. The molecule has 0 saturated carbocycles. The molecule has 3 nitrogen and oxygen atoms in total. The first-order valence-corrected chi connectivity index (χ1v) is 6.62. The van der Waals surface area contributed by atoms with Gasteiger partial charge in [-0.3, -0.25) is 9.69 Å². The normalized spacial score (nSPS) is 22.7. The summed E-state index contributed by atoms with van der Waals surface area (Å²) in [5.74, 6) is -0.150. The highest BCUT2D eigenvalue weighted by Gasteiger charge is 2.31. The second kappa shape index (κ2) is 5.53. The molecule has 0 spiro atoms. The molecule has 3 heteroatoms. The Bertz CT molecular complexity index is 430. The van der Waals surface area contributed by atoms with Gasteiger partial charge >= 0.3 is 5.97 Å². The van der Waals surface area contributed by atoms with Crippen LogP contribution in [0.3, 0.4) is 0 Å². The smallest absolute Gasteiger partial charge is 0.325 e. The molecule has 1 N–H and O–H groups in total. The molecule has 2 unspecified atom stereocenters. The largest absolute Gasteiger partial charge is 0.480 e. The van der Waals surface area contributed by atoms with Crippen LogP contribution in [0.1, 0.15) is 36.9 Å². The molecule has 0 amide bonds. The van der Waals surface area contributed by atoms with Crippen LogP contribution in [0.4, 0.5) is 0 Å². The lowest BCUT2D eigenvalue weighted by atomic mass is 9.94. The van der Waals surface area contributed by atoms with E-state index < -0.39 is 12.0 Å². The maximum Gasteiger partial charge on any atom is 0.325 e. The molecular formula is C15H21NO2. The van der Waals surface area contributed by atoms with Gasteiger partial charge in [0.1, 0.15) is 6.04 Å². The summed E-state index contributed by atoms with van der Waals surface area (Å²) in [6, 6.07) is 7.31. The van der Waals surface area contributed by atoms with Crippen molar-refractivity contribution in [2.24, 2.45) is 5.92 Å². The Hall–Kier alpha value is -1.35. The standard InChI is InChI=1S/C15H21NO2/c1-11-6-5-9-16(10-11)14(15(17)18)13-8-4-3-7-12(13)2/h3-4,7-8,11,14H,5-6,9-10H2,1-2H3,(H,17,18). The Labute approximate surface area is 108 Å². The Morgan fingerprint density at radius 3 is 2.78 bits per heavy atom. The number of hydrogen-bond acceptors (Lipinski definition) is 2. The van der Waals surface area contributed by atoms with Crippen molar-refractivity contribution in [3.05, 3.63) is 35.4 Å². The van der Waals surface area contributed by atoms with Crippen molar-refractivity contribution in [3.8, 4) is 0 Å². The van der Waals surface area contributed by atoms with E-state index in [2.05, 4.69) is 11.8 Å². The van der Waals surface area contributed by atoms with Gasteiger partial charge in [-0.05, 0) is 43.4 Å². The van der Waals surface area contributed by atoms with Crippen LogP contribution in [-0.2, 0) is 4.79 Å². The number of benzene rings is 1. The monoisotopic (exact) mass is 247 g/mol. The van der Waals surface area contributed by atoms with Crippen molar-refractivity contribution in [2.75, 3.05) is 13.1 Å². The van der Waals surface area contributed by atoms with Gasteiger partial charge < -0.3 is 5.11 Å². The third-order valence-electron chi connectivity index (χ3n) is 3.77. The van der Waals surface area contributed by atoms with E-state index in [1.54, 1.807) is 0 Å². The van der Waals surface area contributed by atoms with E-state index in [9.17, 15) is 9.90 Å². The number of likely N-dealkylation sites (tertiary alicyclic amines) is 1. The van der Waals surface area contributed by atoms with Crippen LogP contribution >= 0.6 is 0 Å². The number of aliphatic carboxylic acids is 1. The van der Waals surface area contributed by atoms with Gasteiger partial charge in [-0.2, -0.15) is 0 Å². The second-order valence-corrected chi connectivity index (χ2v) is 5.34. The first-order valence-electron chi connectivity index (χ1n) is 6.62. The predicted octanol–water partition coefficient (Wildman–Crippen LogP) is 2.85. The summed E-state index contributed by atoms with van der Waals surface area (Å²) in [4.78, 5) is 13.7. The van der Waals surface area contributed by atoms with E-state index in [0.29, 0.717) is 5.92 Å². The van der Waals surface area contributed by atoms with Crippen LogP contribution in [0.25, 0.3) is 0 Å². The number of piperidine rings is 1. The summed E-state index contributed by atoms with van der Waals surface area (Å²) in [6.07, 6.45) is 2.30. The van der Waals surface area contributed by atoms with Crippen molar-refractivity contribution in [1.82, 2.24) is 4.90 Å². The number of carboxylic acid groups (broad SMARTS) is 1. The van der Waals surface area contributed by atoms with E-state index in [-0.39, 0.29) is 0 Å². The van der Waals surface area contributed by atoms with Crippen molar-refractivity contribution >= 4 is 5.97 Å². The van der Waals surface area contributed by atoms with Crippen LogP contribution in [0.5, 0.6) is 0 Å². The average Bonchev–Trinajstić information content (AvgIpc) is 2.32. The molecular weight excluding hydrogens is 226 g/mol. The van der Waals surface area contributed by atoms with Crippen LogP contribution < -0.4 is 0 Å². The number of aryl methyl sites for hydroxylation is 1. The van der Waals surface area contributed by atoms with Crippen molar-refractivity contribution in [1.29, 1.82) is 0 Å². The van der Waals surface area contributed by atoms with Gasteiger partial charge in [-0.25, -0.2) is 0 Å². The van der Waals surface area contributed by atoms with Gasteiger partial charge in [0.25, 0.3) is 0 Å². The Kier molecular flexibility index (Phi) is 4.02. The molecule has 18 heavy (non-hydrogen) atoms. The molecule has 0 aliphatic carbocycles. The molecule has 1 heterocycles. The first-order chi connectivity index (χ1) is 8.59. The topological polar surface area (TPSA) is 40.5 Å². The van der Waals surface area contributed by atoms with Crippen LogP contribution in [-0.4, -0.2) is 29.1 Å². The molecule has 1 fully saturated rings. The van der Waals surface area contributed by atoms with Gasteiger partial charge in [-0.1, -0.05) is 31.2 Å². The zero-order valence-electron chi connectivity index (χ0n) is 11.1. The lowest BCUT2D eigenvalue weighted by Gasteiger charge is -2.35. The summed E-state index contributed by atoms with van der Waals surface area (Å²) in [5.41, 5.74) is 1.99. The van der Waals surface area contributed by atoms with E-state index >= 15 is 0 Å². The molecule has 1 aromatic rings. The Morgan fingerprint density at radius 1 is 1.44 bits per heavy atom. The fraction of sp³-hybridized carbons (Fsp3) is 0.533. The van der Waals surface area contributed by atoms with Gasteiger partial charge in [0.15, 0.2) is 0 Å². The number of hydrogen-bond donors (Lipinski definition) is 1. The SMILES string of the molecule is Cc1ccccc1C(C(=O)O)N1CCCC(C)C1. The summed E-state index contributed by atoms with van der Waals surface area (Å²) in [5, 5.41) is 9.55. The fourth-order valence-corrected chi connectivity index (χ4v) is 2.84. The van der Waals surface area contributed by atoms with Crippen molar-refractivity contribution < 1.29 is 9.90 Å². The molecule has 1 saturated heterocycles. The van der Waals surface area contributed by atoms with Gasteiger partial charge in [0, 0.05) is 6.54 Å². The lowest BCUT2D eigenvalue weighted by molar-refractivity contribution is -0.144. The quantitative estimate of drug-likeness (QED) is 0.893. The molecule has 2 atom stereocenters. The lowest BCUT2D eigenvalue weighted by Crippen LogP contribution is -2.41. The number of rotatable bonds is 3. The molecule has 98 valence electrons. The molecule has 1 aromatic carbocycles. The first kappa shape index (κ1) is 13.1. The Balaban J connectivity index is 2.28. The average molecular weight is 247 g/mol. The highest BCUT2D eigenvalue weighted by molar-refractivity contribution is 5.76. The van der Waals surface area contributed by atoms with Gasteiger partial charge in [0.2, 0.25) is 0 Å². The number of nitrogens with zero attached hydrogens (tertiary/aromatic N) is 1. The minimum absolute atomic E-state index is 0.492. The van der Waals surface area contributed by atoms with Gasteiger partial charge in [0.05, 0.1) is 0 Å². The number of carboxylic acids is 1. The van der Waals surface area contributed by atoms with E-state index in [1.165, 1.54) is 6.42 Å². The van der Waals surface area contributed by atoms with E-state index in [4.69, 9.17) is 0 Å². The van der Waals surface area contributed by atoms with Gasteiger partial charge in [-0.15, -0.1) is 0 Å². The highest BCUT2D eigenvalue weighted by atomic mass is 16.4. The Morgan fingerprint density at radius 2 is 2.17 bits per heavy atom. The van der Waals surface area contributed by atoms with Crippen LogP contribution in [0.15, 0.2) is 24.3 Å². The van der Waals surface area contributed by atoms with Crippen molar-refractivity contribution in [3.63, 3.8) is 0 Å². The zero-order chi connectivity index (χ0) is 13.1. The van der Waals surface area contributed by atoms with E-state index in [0.717, 1.165) is 30.6 Å². The van der Waals surface area contributed by atoms with Crippen LogP contribution in [0.2, 0.25) is 0 Å². The predicted molar refractivity (Wildman–Crippen MR) is 71.5 cm³/mol. The third-order valence-corrected chi connectivity index (χ3v) is 3.77. The van der Waals surface area contributed by atoms with Crippen LogP contribution in [0, 0.1) is 12.8 Å². The maximum absolute atomic E-state index is 11.6. The maximum atomic E-state index is 11.6. The number of carbonyl (C=O) groups is 1. The second-order valence-electron chi connectivity index (χ2n) is 5.34. The molecule has 0 bridgehead atoms. The molecule has 0 aromatic heterocycles.